The van der Waals surface area contributed by atoms with Gasteiger partial charge in [0.05, 0.1) is 19.1 Å². The van der Waals surface area contributed by atoms with E-state index in [1.807, 2.05) is 30.3 Å². The Morgan fingerprint density at radius 2 is 1.62 bits per heavy atom. The van der Waals surface area contributed by atoms with Gasteiger partial charge < -0.3 is 19.5 Å². The van der Waals surface area contributed by atoms with Crippen LogP contribution in [0.2, 0.25) is 0 Å². The van der Waals surface area contributed by atoms with Crippen molar-refractivity contribution in [1.82, 2.24) is 4.90 Å². The van der Waals surface area contributed by atoms with Crippen LogP contribution in [0.4, 0.5) is 18.0 Å². The molecule has 1 aliphatic carbocycles. The molecule has 1 aliphatic rings. The van der Waals surface area contributed by atoms with Gasteiger partial charge in [0.1, 0.15) is 12.4 Å². The number of halogens is 3. The summed E-state index contributed by atoms with van der Waals surface area (Å²) in [7, 11) is 1.27. The zero-order valence-corrected chi connectivity index (χ0v) is 21.5. The summed E-state index contributed by atoms with van der Waals surface area (Å²) in [5, 5.41) is 9.28. The largest absolute Gasteiger partial charge is 0.496 e. The number of carboxylic acid groups (broad SMARTS) is 1. The Hall–Kier alpha value is -4.01. The average molecular weight is 542 g/mol. The maximum Gasteiger partial charge on any atom is 0.416 e. The number of amides is 1. The number of alkyl halides is 3. The third-order valence-electron chi connectivity index (χ3n) is 6.93. The molecule has 0 spiro atoms. The van der Waals surface area contributed by atoms with E-state index in [-0.39, 0.29) is 30.5 Å². The first-order chi connectivity index (χ1) is 18.7. The molecule has 39 heavy (non-hydrogen) atoms. The quantitative estimate of drug-likeness (QED) is 0.313. The Morgan fingerprint density at radius 3 is 2.26 bits per heavy atom. The second-order valence-corrected chi connectivity index (χ2v) is 9.54. The van der Waals surface area contributed by atoms with Gasteiger partial charge in [-0.25, -0.2) is 4.79 Å². The Kier molecular flexibility index (Phi) is 8.79. The van der Waals surface area contributed by atoms with Crippen molar-refractivity contribution in [1.29, 1.82) is 0 Å². The monoisotopic (exact) mass is 541 g/mol. The molecule has 0 heterocycles. The molecule has 0 atom stereocenters. The maximum atomic E-state index is 13.8. The van der Waals surface area contributed by atoms with Crippen LogP contribution in [-0.4, -0.2) is 35.2 Å². The Bertz CT molecular complexity index is 1300. The van der Waals surface area contributed by atoms with Gasteiger partial charge in [0, 0.05) is 18.2 Å². The Labute approximate surface area is 225 Å². The molecule has 1 amide bonds. The highest BCUT2D eigenvalue weighted by atomic mass is 19.4. The molecule has 0 aromatic heterocycles. The van der Waals surface area contributed by atoms with Crippen molar-refractivity contribution in [2.45, 2.75) is 57.5 Å². The van der Waals surface area contributed by atoms with Crippen molar-refractivity contribution in [3.05, 3.63) is 89.0 Å². The Morgan fingerprint density at radius 1 is 0.949 bits per heavy atom. The summed E-state index contributed by atoms with van der Waals surface area (Å²) >= 11 is 0. The summed E-state index contributed by atoms with van der Waals surface area (Å²) in [6.45, 7) is 0.294. The van der Waals surface area contributed by atoms with E-state index < -0.39 is 30.2 Å². The molecule has 0 bridgehead atoms. The first kappa shape index (κ1) is 28.0. The number of hydrogen-bond donors (Lipinski definition) is 1. The highest BCUT2D eigenvalue weighted by molar-refractivity contribution is 5.78. The van der Waals surface area contributed by atoms with Crippen molar-refractivity contribution >= 4 is 12.1 Å². The van der Waals surface area contributed by atoms with Gasteiger partial charge in [0.25, 0.3) is 0 Å². The van der Waals surface area contributed by atoms with Gasteiger partial charge in [-0.1, -0.05) is 67.4 Å². The third-order valence-corrected chi connectivity index (χ3v) is 6.93. The molecule has 1 saturated carbocycles. The van der Waals surface area contributed by atoms with Gasteiger partial charge in [-0.2, -0.15) is 13.2 Å². The van der Waals surface area contributed by atoms with Gasteiger partial charge in [0.15, 0.2) is 0 Å². The van der Waals surface area contributed by atoms with E-state index in [1.54, 1.807) is 29.2 Å². The van der Waals surface area contributed by atoms with Crippen molar-refractivity contribution in [2.24, 2.45) is 0 Å². The number of nitrogens with zero attached hydrogens (tertiary/aromatic N) is 1. The van der Waals surface area contributed by atoms with Gasteiger partial charge >= 0.3 is 18.2 Å². The van der Waals surface area contributed by atoms with E-state index >= 15 is 0 Å². The second kappa shape index (κ2) is 12.2. The fraction of sp³-hybridized carbons (Fsp3) is 0.333. The van der Waals surface area contributed by atoms with E-state index in [9.17, 15) is 27.9 Å². The normalized spacial score (nSPS) is 13.7. The number of hydrogen-bond acceptors (Lipinski definition) is 4. The van der Waals surface area contributed by atoms with Crippen LogP contribution in [-0.2, 0) is 35.3 Å². The number of carboxylic acids is 1. The lowest BCUT2D eigenvalue weighted by Gasteiger charge is -2.29. The lowest BCUT2D eigenvalue weighted by molar-refractivity contribution is -0.139. The van der Waals surface area contributed by atoms with E-state index in [1.165, 1.54) is 13.2 Å². The predicted molar refractivity (Wildman–Crippen MR) is 139 cm³/mol. The van der Waals surface area contributed by atoms with E-state index in [2.05, 4.69) is 0 Å². The summed E-state index contributed by atoms with van der Waals surface area (Å²) in [6, 6.07) is 18.4. The van der Waals surface area contributed by atoms with Crippen LogP contribution in [0, 0.1) is 0 Å². The molecular formula is C30H30F3NO5. The number of carbonyl (C=O) groups excluding carboxylic acids is 1. The maximum absolute atomic E-state index is 13.8. The van der Waals surface area contributed by atoms with Gasteiger partial charge in [-0.15, -0.1) is 0 Å². The van der Waals surface area contributed by atoms with Crippen molar-refractivity contribution in [3.8, 4) is 16.9 Å². The van der Waals surface area contributed by atoms with Crippen LogP contribution in [0.15, 0.2) is 66.7 Å². The number of rotatable bonds is 9. The number of methoxy groups -OCH3 is 1. The van der Waals surface area contributed by atoms with Crippen LogP contribution in [0.25, 0.3) is 11.1 Å². The number of benzene rings is 3. The molecule has 206 valence electrons. The number of aliphatic carboxylic acids is 1. The minimum absolute atomic E-state index is 0.0293. The molecule has 0 aliphatic heterocycles. The predicted octanol–water partition coefficient (Wildman–Crippen LogP) is 7.09. The van der Waals surface area contributed by atoms with E-state index in [4.69, 9.17) is 9.47 Å². The SMILES string of the molecule is COc1cc(C(F)(F)F)c(CC(=O)O)cc1-c1ccccc1CN(C(=O)OCc1ccccc1)C1CCCC1. The molecule has 3 aromatic rings. The Balaban J connectivity index is 1.70. The molecule has 1 fully saturated rings. The zero-order chi connectivity index (χ0) is 28.0. The lowest BCUT2D eigenvalue weighted by atomic mass is 9.93. The van der Waals surface area contributed by atoms with Gasteiger partial charge in [0.2, 0.25) is 0 Å². The highest BCUT2D eigenvalue weighted by Gasteiger charge is 2.36. The second-order valence-electron chi connectivity index (χ2n) is 9.54. The molecule has 9 heteroatoms. The standard InChI is InChI=1S/C30H30F3NO5/c1-38-27-17-26(30(31,32)33)22(16-28(35)36)15-25(27)24-14-8-5-11-21(24)18-34(23-12-6-7-13-23)29(37)39-19-20-9-3-2-4-10-20/h2-5,8-11,14-15,17,23H,6-7,12-13,16,18-19H2,1H3,(H,35,36). The van der Waals surface area contributed by atoms with Gasteiger partial charge in [-0.3, -0.25) is 4.79 Å². The topological polar surface area (TPSA) is 76.1 Å². The average Bonchev–Trinajstić information content (AvgIpc) is 3.45. The summed E-state index contributed by atoms with van der Waals surface area (Å²) < 4.78 is 52.2. The van der Waals surface area contributed by atoms with Crippen LogP contribution >= 0.6 is 0 Å². The summed E-state index contributed by atoms with van der Waals surface area (Å²) in [6.07, 6.45) is -2.39. The molecule has 0 unspecified atom stereocenters. The summed E-state index contributed by atoms with van der Waals surface area (Å²) in [5.41, 5.74) is 0.990. The lowest BCUT2D eigenvalue weighted by Crippen LogP contribution is -2.38. The fourth-order valence-electron chi connectivity index (χ4n) is 5.04. The fourth-order valence-corrected chi connectivity index (χ4v) is 5.04. The first-order valence-electron chi connectivity index (χ1n) is 12.7. The van der Waals surface area contributed by atoms with Crippen molar-refractivity contribution in [3.63, 3.8) is 0 Å². The summed E-state index contributed by atoms with van der Waals surface area (Å²) in [4.78, 5) is 26.4. The number of carbonyl (C=O) groups is 2. The first-order valence-corrected chi connectivity index (χ1v) is 12.7. The van der Waals surface area contributed by atoms with Crippen LogP contribution in [0.1, 0.15) is 47.9 Å². The molecule has 4 rings (SSSR count). The third kappa shape index (κ3) is 6.90. The molecule has 1 N–H and O–H groups in total. The summed E-state index contributed by atoms with van der Waals surface area (Å²) in [5.74, 6) is -1.42. The molecule has 0 saturated heterocycles. The van der Waals surface area contributed by atoms with Crippen LogP contribution in [0.5, 0.6) is 5.75 Å². The van der Waals surface area contributed by atoms with Gasteiger partial charge in [-0.05, 0) is 47.2 Å². The number of ether oxygens (including phenoxy) is 2. The minimum Gasteiger partial charge on any atom is -0.496 e. The molecular weight excluding hydrogens is 511 g/mol. The van der Waals surface area contributed by atoms with Crippen LogP contribution < -0.4 is 4.74 Å². The van der Waals surface area contributed by atoms with Crippen molar-refractivity contribution in [2.75, 3.05) is 7.11 Å². The molecule has 0 radical (unpaired) electrons. The van der Waals surface area contributed by atoms with Crippen LogP contribution in [0.3, 0.4) is 0 Å². The van der Waals surface area contributed by atoms with E-state index in [0.29, 0.717) is 16.7 Å². The minimum atomic E-state index is -4.75. The highest BCUT2D eigenvalue weighted by Crippen LogP contribution is 2.41. The van der Waals surface area contributed by atoms with Crippen molar-refractivity contribution < 1.29 is 37.3 Å². The molecule has 3 aromatic carbocycles. The molecule has 6 nitrogen and oxygen atoms in total. The smallest absolute Gasteiger partial charge is 0.416 e. The zero-order valence-electron chi connectivity index (χ0n) is 21.5. The van der Waals surface area contributed by atoms with E-state index in [0.717, 1.165) is 37.3 Å².